The van der Waals surface area contributed by atoms with Crippen LogP contribution in [0.4, 0.5) is 10.1 Å². The van der Waals surface area contributed by atoms with Crippen LogP contribution in [0, 0.1) is 26.6 Å². The number of aryl methyl sites for hydroxylation is 3. The topological polar surface area (TPSA) is 77.1 Å². The number of anilines is 1. The summed E-state index contributed by atoms with van der Waals surface area (Å²) in [6, 6.07) is 8.01. The number of sulfonamides is 1. The summed E-state index contributed by atoms with van der Waals surface area (Å²) in [6.45, 7) is 7.74. The number of aromatic nitrogens is 1. The summed E-state index contributed by atoms with van der Waals surface area (Å²) in [6.07, 6.45) is 2.41. The first-order valence-electron chi connectivity index (χ1n) is 9.27. The summed E-state index contributed by atoms with van der Waals surface area (Å²) in [4.78, 5) is 0.108. The van der Waals surface area contributed by atoms with Crippen LogP contribution in [-0.2, 0) is 16.6 Å². The summed E-state index contributed by atoms with van der Waals surface area (Å²) >= 11 is 0. The zero-order valence-electron chi connectivity index (χ0n) is 16.6. The molecule has 0 radical (unpaired) electrons. The molecule has 0 spiro atoms. The van der Waals surface area contributed by atoms with E-state index in [2.05, 4.69) is 4.72 Å². The number of hydrogen-bond donors (Lipinski definition) is 2. The van der Waals surface area contributed by atoms with Crippen molar-refractivity contribution < 1.29 is 12.8 Å². The summed E-state index contributed by atoms with van der Waals surface area (Å²) in [5.41, 5.74) is 9.18. The average Bonchev–Trinajstić information content (AvgIpc) is 2.90. The van der Waals surface area contributed by atoms with Gasteiger partial charge in [0.2, 0.25) is 10.0 Å². The van der Waals surface area contributed by atoms with E-state index in [0.717, 1.165) is 16.5 Å². The molecule has 0 fully saturated rings. The molecule has 1 unspecified atom stereocenters. The number of para-hydroxylation sites is 1. The van der Waals surface area contributed by atoms with Gasteiger partial charge >= 0.3 is 0 Å². The number of hydrogen-bond acceptors (Lipinski definition) is 3. The van der Waals surface area contributed by atoms with Crippen molar-refractivity contribution in [1.82, 2.24) is 9.29 Å². The fourth-order valence-corrected chi connectivity index (χ4v) is 5.41. The molecule has 0 aliphatic rings. The second-order valence-electron chi connectivity index (χ2n) is 7.33. The van der Waals surface area contributed by atoms with Crippen LogP contribution in [0.5, 0.6) is 0 Å². The molecule has 0 saturated heterocycles. The second kappa shape index (κ2) is 7.56. The van der Waals surface area contributed by atoms with Gasteiger partial charge in [-0.1, -0.05) is 25.1 Å². The molecular weight excluding hydrogens is 377 g/mol. The molecule has 28 heavy (non-hydrogen) atoms. The van der Waals surface area contributed by atoms with Crippen molar-refractivity contribution in [3.05, 3.63) is 59.0 Å². The van der Waals surface area contributed by atoms with Gasteiger partial charge in [0.25, 0.3) is 0 Å². The molecule has 1 heterocycles. The van der Waals surface area contributed by atoms with Gasteiger partial charge in [-0.3, -0.25) is 0 Å². The van der Waals surface area contributed by atoms with E-state index in [1.165, 1.54) is 6.07 Å². The quantitative estimate of drug-likeness (QED) is 0.610. The molecule has 3 rings (SSSR count). The lowest BCUT2D eigenvalue weighted by molar-refractivity contribution is 0.488. The van der Waals surface area contributed by atoms with Gasteiger partial charge in [-0.05, 0) is 56.0 Å². The first-order chi connectivity index (χ1) is 13.1. The Balaban J connectivity index is 1.94. The van der Waals surface area contributed by atoms with E-state index in [9.17, 15) is 12.8 Å². The molecule has 0 saturated carbocycles. The Kier molecular flexibility index (Phi) is 5.50. The third-order valence-corrected chi connectivity index (χ3v) is 6.74. The number of halogens is 1. The smallest absolute Gasteiger partial charge is 0.243 e. The van der Waals surface area contributed by atoms with E-state index < -0.39 is 16.1 Å². The van der Waals surface area contributed by atoms with E-state index in [0.29, 0.717) is 24.0 Å². The summed E-state index contributed by atoms with van der Waals surface area (Å²) < 4.78 is 44.9. The largest absolute Gasteiger partial charge is 0.398 e. The van der Waals surface area contributed by atoms with Gasteiger partial charge in [0, 0.05) is 24.2 Å². The minimum atomic E-state index is -3.81. The average molecular weight is 404 g/mol. The van der Waals surface area contributed by atoms with Crippen molar-refractivity contribution in [3.63, 3.8) is 0 Å². The third kappa shape index (κ3) is 3.77. The highest BCUT2D eigenvalue weighted by Gasteiger charge is 2.24. The fourth-order valence-electron chi connectivity index (χ4n) is 3.76. The SMILES string of the molecule is CCC(Cn1cc(C)c2cccc(F)c21)NS(=O)(=O)c1c(C)cc(C)cc1N. The Labute approximate surface area is 165 Å². The summed E-state index contributed by atoms with van der Waals surface area (Å²) in [5, 5.41) is 0.830. The molecule has 0 bridgehead atoms. The lowest BCUT2D eigenvalue weighted by Crippen LogP contribution is -2.38. The van der Waals surface area contributed by atoms with E-state index in [1.807, 2.05) is 33.0 Å². The van der Waals surface area contributed by atoms with Crippen molar-refractivity contribution >= 4 is 26.6 Å². The van der Waals surface area contributed by atoms with Gasteiger partial charge in [-0.2, -0.15) is 0 Å². The number of nitrogens with zero attached hydrogens (tertiary/aromatic N) is 1. The van der Waals surface area contributed by atoms with Crippen LogP contribution in [0.15, 0.2) is 41.4 Å². The van der Waals surface area contributed by atoms with Crippen molar-refractivity contribution in [1.29, 1.82) is 0 Å². The number of rotatable bonds is 6. The molecule has 0 aliphatic carbocycles. The lowest BCUT2D eigenvalue weighted by Gasteiger charge is -2.20. The van der Waals surface area contributed by atoms with Crippen molar-refractivity contribution in [2.24, 2.45) is 0 Å². The molecule has 0 amide bonds. The first-order valence-corrected chi connectivity index (χ1v) is 10.8. The third-order valence-electron chi connectivity index (χ3n) is 5.00. The van der Waals surface area contributed by atoms with Crippen LogP contribution < -0.4 is 10.5 Å². The molecule has 1 aromatic heterocycles. The Bertz CT molecular complexity index is 1110. The van der Waals surface area contributed by atoms with Crippen LogP contribution >= 0.6 is 0 Å². The highest BCUT2D eigenvalue weighted by atomic mass is 32.2. The minimum absolute atomic E-state index is 0.108. The standard InChI is InChI=1S/C21H26FN3O2S/c1-5-16(12-25-11-15(4)17-7-6-8-18(22)20(17)25)24-28(26,27)21-14(3)9-13(2)10-19(21)23/h6-11,16,24H,5,12,23H2,1-4H3. The van der Waals surface area contributed by atoms with Crippen LogP contribution in [0.3, 0.4) is 0 Å². The lowest BCUT2D eigenvalue weighted by atomic mass is 10.1. The van der Waals surface area contributed by atoms with Crippen LogP contribution in [0.25, 0.3) is 10.9 Å². The maximum Gasteiger partial charge on any atom is 0.243 e. The molecule has 150 valence electrons. The van der Waals surface area contributed by atoms with E-state index in [1.54, 1.807) is 29.7 Å². The van der Waals surface area contributed by atoms with Gasteiger partial charge in [-0.15, -0.1) is 0 Å². The molecular formula is C21H26FN3O2S. The highest BCUT2D eigenvalue weighted by Crippen LogP contribution is 2.26. The number of benzene rings is 2. The second-order valence-corrected chi connectivity index (χ2v) is 8.98. The number of fused-ring (bicyclic) bond motifs is 1. The Morgan fingerprint density at radius 1 is 1.18 bits per heavy atom. The maximum absolute atomic E-state index is 14.4. The summed E-state index contributed by atoms with van der Waals surface area (Å²) in [5.74, 6) is -0.318. The zero-order valence-corrected chi connectivity index (χ0v) is 17.4. The molecule has 5 nitrogen and oxygen atoms in total. The van der Waals surface area contributed by atoms with Crippen LogP contribution in [0.2, 0.25) is 0 Å². The predicted molar refractivity (Wildman–Crippen MR) is 111 cm³/mol. The van der Waals surface area contributed by atoms with E-state index >= 15 is 0 Å². The molecule has 1 atom stereocenters. The van der Waals surface area contributed by atoms with Gasteiger partial charge in [0.15, 0.2) is 0 Å². The van der Waals surface area contributed by atoms with Crippen molar-refractivity contribution in [2.45, 2.75) is 51.6 Å². The normalized spacial score (nSPS) is 13.2. The van der Waals surface area contributed by atoms with Gasteiger partial charge in [0.05, 0.1) is 11.2 Å². The van der Waals surface area contributed by atoms with Crippen molar-refractivity contribution in [3.8, 4) is 0 Å². The van der Waals surface area contributed by atoms with Gasteiger partial charge in [-0.25, -0.2) is 17.5 Å². The van der Waals surface area contributed by atoms with Gasteiger partial charge < -0.3 is 10.3 Å². The summed E-state index contributed by atoms with van der Waals surface area (Å²) in [7, 11) is -3.81. The zero-order chi connectivity index (χ0) is 20.6. The molecule has 3 aromatic rings. The highest BCUT2D eigenvalue weighted by molar-refractivity contribution is 7.89. The number of nitrogen functional groups attached to an aromatic ring is 1. The molecule has 7 heteroatoms. The molecule has 3 N–H and O–H groups in total. The van der Waals surface area contributed by atoms with Crippen LogP contribution in [-0.4, -0.2) is 19.0 Å². The fraction of sp³-hybridized carbons (Fsp3) is 0.333. The Morgan fingerprint density at radius 2 is 1.89 bits per heavy atom. The number of nitrogens with two attached hydrogens (primary N) is 1. The van der Waals surface area contributed by atoms with Crippen molar-refractivity contribution in [2.75, 3.05) is 5.73 Å². The monoisotopic (exact) mass is 403 g/mol. The Hall–Kier alpha value is -2.38. The Morgan fingerprint density at radius 3 is 2.54 bits per heavy atom. The van der Waals surface area contributed by atoms with Gasteiger partial charge in [0.1, 0.15) is 10.7 Å². The minimum Gasteiger partial charge on any atom is -0.398 e. The number of nitrogens with one attached hydrogen (secondary N) is 1. The molecule has 2 aromatic carbocycles. The van der Waals surface area contributed by atoms with E-state index in [-0.39, 0.29) is 16.4 Å². The van der Waals surface area contributed by atoms with Crippen LogP contribution in [0.1, 0.15) is 30.0 Å². The molecule has 0 aliphatic heterocycles. The first kappa shape index (κ1) is 20.4. The van der Waals surface area contributed by atoms with E-state index in [4.69, 9.17) is 5.73 Å². The maximum atomic E-state index is 14.4. The predicted octanol–water partition coefficient (Wildman–Crippen LogP) is 4.04.